The zero-order valence-corrected chi connectivity index (χ0v) is 6.87. The van der Waals surface area contributed by atoms with Crippen molar-refractivity contribution in [3.8, 4) is 0 Å². The van der Waals surface area contributed by atoms with Crippen LogP contribution >= 0.6 is 0 Å². The van der Waals surface area contributed by atoms with Crippen molar-refractivity contribution in [1.29, 1.82) is 0 Å². The summed E-state index contributed by atoms with van der Waals surface area (Å²) < 4.78 is 21.0. The van der Waals surface area contributed by atoms with Gasteiger partial charge in [0, 0.05) is 12.0 Å². The minimum Gasteiger partial charge on any atom is -0.229 e. The molecule has 0 fully saturated rings. The Bertz CT molecular complexity index is 146. The number of rotatable bonds is 4. The zero-order chi connectivity index (χ0) is 7.33. The van der Waals surface area contributed by atoms with E-state index < -0.39 is 9.84 Å². The lowest BCUT2D eigenvalue weighted by molar-refractivity contribution is 0.597. The Morgan fingerprint density at radius 2 is 1.78 bits per heavy atom. The highest BCUT2D eigenvalue weighted by atomic mass is 32.2. The summed E-state index contributed by atoms with van der Waals surface area (Å²) in [6.07, 6.45) is 4.20. The van der Waals surface area contributed by atoms with Gasteiger partial charge in [-0.25, -0.2) is 8.42 Å². The van der Waals surface area contributed by atoms with Gasteiger partial charge in [-0.3, -0.25) is 0 Å². The minimum atomic E-state index is -2.70. The van der Waals surface area contributed by atoms with Crippen molar-refractivity contribution in [3.63, 3.8) is 0 Å². The summed E-state index contributed by atoms with van der Waals surface area (Å²) in [4.78, 5) is 0. The molecule has 0 aromatic carbocycles. The molecule has 0 aliphatic rings. The van der Waals surface area contributed by atoms with E-state index in [-0.39, 0.29) is 0 Å². The van der Waals surface area contributed by atoms with Gasteiger partial charge in [0.15, 0.2) is 0 Å². The standard InChI is InChI=1S/C6H14O2S/c1-3-4-5-6-9(2,7)8/h3-6H2,1-2H3. The van der Waals surface area contributed by atoms with E-state index >= 15 is 0 Å². The highest BCUT2D eigenvalue weighted by Gasteiger charge is 1.98. The molecular weight excluding hydrogens is 136 g/mol. The van der Waals surface area contributed by atoms with E-state index in [1.807, 2.05) is 0 Å². The second kappa shape index (κ2) is 3.88. The third-order valence-electron chi connectivity index (χ3n) is 1.12. The highest BCUT2D eigenvalue weighted by molar-refractivity contribution is 7.90. The molecule has 0 aromatic heterocycles. The van der Waals surface area contributed by atoms with Crippen LogP contribution < -0.4 is 0 Å². The lowest BCUT2D eigenvalue weighted by Gasteiger charge is -1.94. The molecule has 0 spiro atoms. The molecule has 0 unspecified atom stereocenters. The first-order valence-corrected chi connectivity index (χ1v) is 5.30. The molecule has 3 heteroatoms. The number of hydrogen-bond acceptors (Lipinski definition) is 2. The van der Waals surface area contributed by atoms with Gasteiger partial charge in [0.1, 0.15) is 9.84 Å². The first-order chi connectivity index (χ1) is 4.06. The molecule has 0 aliphatic carbocycles. The van der Waals surface area contributed by atoms with E-state index in [1.54, 1.807) is 0 Å². The smallest absolute Gasteiger partial charge is 0.147 e. The van der Waals surface area contributed by atoms with Crippen molar-refractivity contribution in [2.75, 3.05) is 12.0 Å². The van der Waals surface area contributed by atoms with Gasteiger partial charge in [0.05, 0.1) is 0 Å². The topological polar surface area (TPSA) is 34.1 Å². The minimum absolute atomic E-state index is 0.348. The molecule has 0 atom stereocenters. The molecule has 0 radical (unpaired) electrons. The van der Waals surface area contributed by atoms with E-state index in [2.05, 4.69) is 6.92 Å². The van der Waals surface area contributed by atoms with Gasteiger partial charge in [0.25, 0.3) is 0 Å². The van der Waals surface area contributed by atoms with Gasteiger partial charge >= 0.3 is 0 Å². The van der Waals surface area contributed by atoms with E-state index in [1.165, 1.54) is 6.26 Å². The Morgan fingerprint density at radius 1 is 1.22 bits per heavy atom. The van der Waals surface area contributed by atoms with Crippen LogP contribution in [0.25, 0.3) is 0 Å². The quantitative estimate of drug-likeness (QED) is 0.565. The van der Waals surface area contributed by atoms with Crippen LogP contribution in [-0.4, -0.2) is 20.4 Å². The van der Waals surface area contributed by atoms with Crippen LogP contribution in [0.1, 0.15) is 26.2 Å². The summed E-state index contributed by atoms with van der Waals surface area (Å²) in [5.41, 5.74) is 0. The highest BCUT2D eigenvalue weighted by Crippen LogP contribution is 1.96. The Kier molecular flexibility index (Phi) is 3.86. The molecule has 0 aromatic rings. The van der Waals surface area contributed by atoms with E-state index in [4.69, 9.17) is 0 Å². The van der Waals surface area contributed by atoms with E-state index in [9.17, 15) is 8.42 Å². The Balaban J connectivity index is 3.30. The molecule has 0 rings (SSSR count). The largest absolute Gasteiger partial charge is 0.229 e. The van der Waals surface area contributed by atoms with Crippen LogP contribution in [0.3, 0.4) is 0 Å². The van der Waals surface area contributed by atoms with Gasteiger partial charge < -0.3 is 0 Å². The monoisotopic (exact) mass is 150 g/mol. The van der Waals surface area contributed by atoms with Gasteiger partial charge in [0.2, 0.25) is 0 Å². The molecule has 0 aliphatic heterocycles. The Hall–Kier alpha value is -0.0500. The molecular formula is C6H14O2S. The third kappa shape index (κ3) is 7.95. The fourth-order valence-electron chi connectivity index (χ4n) is 0.614. The molecule has 0 N–H and O–H groups in total. The average molecular weight is 150 g/mol. The van der Waals surface area contributed by atoms with Crippen molar-refractivity contribution in [3.05, 3.63) is 0 Å². The van der Waals surface area contributed by atoms with Crippen molar-refractivity contribution in [2.24, 2.45) is 0 Å². The molecule has 0 amide bonds. The summed E-state index contributed by atoms with van der Waals surface area (Å²) >= 11 is 0. The van der Waals surface area contributed by atoms with Crippen LogP contribution in [0, 0.1) is 0 Å². The summed E-state index contributed by atoms with van der Waals surface area (Å²) in [6.45, 7) is 2.06. The SMILES string of the molecule is CCCCCS(C)(=O)=O. The number of sulfone groups is 1. The van der Waals surface area contributed by atoms with Gasteiger partial charge in [-0.2, -0.15) is 0 Å². The van der Waals surface area contributed by atoms with E-state index in [0.29, 0.717) is 5.75 Å². The summed E-state index contributed by atoms with van der Waals surface area (Å²) in [7, 11) is -2.70. The fourth-order valence-corrected chi connectivity index (χ4v) is 1.34. The predicted octanol–water partition coefficient (Wildman–Crippen LogP) is 1.22. The fraction of sp³-hybridized carbons (Fsp3) is 1.00. The average Bonchev–Trinajstić information content (AvgIpc) is 1.63. The van der Waals surface area contributed by atoms with E-state index in [0.717, 1.165) is 19.3 Å². The maximum Gasteiger partial charge on any atom is 0.147 e. The van der Waals surface area contributed by atoms with Crippen molar-refractivity contribution >= 4 is 9.84 Å². The van der Waals surface area contributed by atoms with Gasteiger partial charge in [-0.1, -0.05) is 19.8 Å². The van der Waals surface area contributed by atoms with Crippen molar-refractivity contribution < 1.29 is 8.42 Å². The van der Waals surface area contributed by atoms with Gasteiger partial charge in [-0.15, -0.1) is 0 Å². The second-order valence-corrected chi connectivity index (χ2v) is 4.60. The lowest BCUT2D eigenvalue weighted by Crippen LogP contribution is -2.01. The zero-order valence-electron chi connectivity index (χ0n) is 6.05. The second-order valence-electron chi connectivity index (χ2n) is 2.34. The third-order valence-corrected chi connectivity index (χ3v) is 2.15. The predicted molar refractivity (Wildman–Crippen MR) is 39.2 cm³/mol. The molecule has 56 valence electrons. The van der Waals surface area contributed by atoms with Crippen molar-refractivity contribution in [2.45, 2.75) is 26.2 Å². The normalized spacial score (nSPS) is 11.8. The molecule has 0 heterocycles. The Labute approximate surface area is 57.2 Å². The summed E-state index contributed by atoms with van der Waals surface area (Å²) in [5.74, 6) is 0.348. The molecule has 0 bridgehead atoms. The van der Waals surface area contributed by atoms with Crippen LogP contribution in [0.2, 0.25) is 0 Å². The van der Waals surface area contributed by atoms with Crippen LogP contribution in [0.5, 0.6) is 0 Å². The number of unbranched alkanes of at least 4 members (excludes halogenated alkanes) is 2. The summed E-state index contributed by atoms with van der Waals surface area (Å²) in [5, 5.41) is 0. The van der Waals surface area contributed by atoms with Crippen LogP contribution in [-0.2, 0) is 9.84 Å². The number of hydrogen-bond donors (Lipinski definition) is 0. The first-order valence-electron chi connectivity index (χ1n) is 3.24. The maximum absolute atomic E-state index is 10.5. The molecule has 0 saturated heterocycles. The van der Waals surface area contributed by atoms with Gasteiger partial charge in [-0.05, 0) is 6.42 Å². The van der Waals surface area contributed by atoms with Crippen LogP contribution in [0.4, 0.5) is 0 Å². The van der Waals surface area contributed by atoms with Crippen LogP contribution in [0.15, 0.2) is 0 Å². The first kappa shape index (κ1) is 8.95. The maximum atomic E-state index is 10.5. The molecule has 0 saturated carbocycles. The molecule has 2 nitrogen and oxygen atoms in total. The lowest BCUT2D eigenvalue weighted by atomic mass is 10.3. The summed E-state index contributed by atoms with van der Waals surface area (Å²) in [6, 6.07) is 0. The molecule has 9 heavy (non-hydrogen) atoms. The van der Waals surface area contributed by atoms with Crippen molar-refractivity contribution in [1.82, 2.24) is 0 Å². The Morgan fingerprint density at radius 3 is 2.11 bits per heavy atom.